The molecular weight excluding hydrogens is 247 g/mol. The molecule has 1 saturated heterocycles. The summed E-state index contributed by atoms with van der Waals surface area (Å²) in [5, 5.41) is 6.63. The molecule has 0 spiro atoms. The van der Waals surface area contributed by atoms with Crippen molar-refractivity contribution in [1.82, 2.24) is 10.3 Å². The predicted molar refractivity (Wildman–Crippen MR) is 71.3 cm³/mol. The average molecular weight is 262 g/mol. The molecular formula is C14H15FN2S. The monoisotopic (exact) mass is 262 g/mol. The minimum absolute atomic E-state index is 0.179. The van der Waals surface area contributed by atoms with E-state index in [1.54, 1.807) is 23.5 Å². The van der Waals surface area contributed by atoms with E-state index in [0.29, 0.717) is 6.04 Å². The summed E-state index contributed by atoms with van der Waals surface area (Å²) >= 11 is 1.66. The molecule has 0 radical (unpaired) electrons. The lowest BCUT2D eigenvalue weighted by molar-refractivity contribution is 0.625. The Morgan fingerprint density at radius 1 is 1.44 bits per heavy atom. The van der Waals surface area contributed by atoms with Crippen LogP contribution in [0.5, 0.6) is 0 Å². The van der Waals surface area contributed by atoms with Gasteiger partial charge in [-0.2, -0.15) is 0 Å². The zero-order chi connectivity index (χ0) is 12.4. The quantitative estimate of drug-likeness (QED) is 0.918. The molecule has 0 saturated carbocycles. The summed E-state index contributed by atoms with van der Waals surface area (Å²) in [5.74, 6) is -0.179. The fourth-order valence-corrected chi connectivity index (χ4v) is 3.21. The maximum absolute atomic E-state index is 13.1. The van der Waals surface area contributed by atoms with E-state index >= 15 is 0 Å². The molecule has 18 heavy (non-hydrogen) atoms. The van der Waals surface area contributed by atoms with Crippen molar-refractivity contribution in [3.05, 3.63) is 51.7 Å². The first kappa shape index (κ1) is 11.8. The average Bonchev–Trinajstić information content (AvgIpc) is 2.98. The van der Waals surface area contributed by atoms with Gasteiger partial charge in [-0.1, -0.05) is 12.1 Å². The van der Waals surface area contributed by atoms with Crippen LogP contribution in [0.4, 0.5) is 4.39 Å². The molecule has 1 aromatic heterocycles. The smallest absolute Gasteiger partial charge is 0.123 e. The van der Waals surface area contributed by atoms with Gasteiger partial charge in [0.2, 0.25) is 0 Å². The van der Waals surface area contributed by atoms with E-state index in [1.807, 2.05) is 6.07 Å². The third-order valence-electron chi connectivity index (χ3n) is 3.23. The topological polar surface area (TPSA) is 24.9 Å². The number of benzene rings is 1. The van der Waals surface area contributed by atoms with Gasteiger partial charge in [0.1, 0.15) is 5.82 Å². The molecule has 0 amide bonds. The maximum Gasteiger partial charge on any atom is 0.123 e. The molecule has 1 fully saturated rings. The molecule has 94 valence electrons. The highest BCUT2D eigenvalue weighted by atomic mass is 32.1. The Labute approximate surface area is 110 Å². The molecule has 1 N–H and O–H groups in total. The van der Waals surface area contributed by atoms with Gasteiger partial charge in [0, 0.05) is 11.8 Å². The fourth-order valence-electron chi connectivity index (χ4n) is 2.32. The summed E-state index contributed by atoms with van der Waals surface area (Å²) in [6.07, 6.45) is 3.11. The summed E-state index contributed by atoms with van der Waals surface area (Å²) in [4.78, 5) is 4.65. The second-order valence-electron chi connectivity index (χ2n) is 4.62. The number of rotatable bonds is 3. The SMILES string of the molecule is Fc1cccc(Cc2nc([C@@H]3CCCN3)cs2)c1. The van der Waals surface area contributed by atoms with Crippen LogP contribution in [0.25, 0.3) is 0 Å². The summed E-state index contributed by atoms with van der Waals surface area (Å²) in [5.41, 5.74) is 2.12. The molecule has 1 aliphatic heterocycles. The zero-order valence-electron chi connectivity index (χ0n) is 10.0. The van der Waals surface area contributed by atoms with E-state index in [1.165, 1.54) is 18.9 Å². The van der Waals surface area contributed by atoms with Gasteiger partial charge >= 0.3 is 0 Å². The third kappa shape index (κ3) is 2.60. The van der Waals surface area contributed by atoms with Crippen molar-refractivity contribution in [2.45, 2.75) is 25.3 Å². The lowest BCUT2D eigenvalue weighted by Crippen LogP contribution is -2.13. The van der Waals surface area contributed by atoms with Gasteiger partial charge in [-0.05, 0) is 37.1 Å². The van der Waals surface area contributed by atoms with Gasteiger partial charge in [-0.15, -0.1) is 11.3 Å². The largest absolute Gasteiger partial charge is 0.309 e. The lowest BCUT2D eigenvalue weighted by Gasteiger charge is -2.05. The highest BCUT2D eigenvalue weighted by Gasteiger charge is 2.18. The summed E-state index contributed by atoms with van der Waals surface area (Å²) in [7, 11) is 0. The molecule has 0 aliphatic carbocycles. The maximum atomic E-state index is 13.1. The van der Waals surface area contributed by atoms with Crippen LogP contribution in [0.1, 0.15) is 35.1 Å². The van der Waals surface area contributed by atoms with Gasteiger partial charge in [0.05, 0.1) is 16.7 Å². The highest BCUT2D eigenvalue weighted by Crippen LogP contribution is 2.25. The van der Waals surface area contributed by atoms with Crippen LogP contribution in [0.2, 0.25) is 0 Å². The first-order valence-corrected chi connectivity index (χ1v) is 7.11. The molecule has 3 rings (SSSR count). The van der Waals surface area contributed by atoms with E-state index < -0.39 is 0 Å². The number of nitrogens with zero attached hydrogens (tertiary/aromatic N) is 1. The van der Waals surface area contributed by atoms with E-state index in [2.05, 4.69) is 15.7 Å². The van der Waals surface area contributed by atoms with Crippen molar-refractivity contribution in [3.63, 3.8) is 0 Å². The van der Waals surface area contributed by atoms with E-state index in [0.717, 1.165) is 29.2 Å². The Kier molecular flexibility index (Phi) is 3.39. The fraction of sp³-hybridized carbons (Fsp3) is 0.357. The van der Waals surface area contributed by atoms with E-state index in [9.17, 15) is 4.39 Å². The Balaban J connectivity index is 1.73. The summed E-state index contributed by atoms with van der Waals surface area (Å²) < 4.78 is 13.1. The molecule has 1 atom stereocenters. The number of nitrogens with one attached hydrogen (secondary N) is 1. The molecule has 2 nitrogen and oxygen atoms in total. The number of hydrogen-bond acceptors (Lipinski definition) is 3. The van der Waals surface area contributed by atoms with Crippen molar-refractivity contribution in [2.75, 3.05) is 6.54 Å². The van der Waals surface area contributed by atoms with E-state index in [-0.39, 0.29) is 5.82 Å². The Morgan fingerprint density at radius 3 is 3.17 bits per heavy atom. The molecule has 2 aromatic rings. The molecule has 1 aliphatic rings. The van der Waals surface area contributed by atoms with Gasteiger partial charge in [-0.25, -0.2) is 9.37 Å². The van der Waals surface area contributed by atoms with Gasteiger partial charge in [-0.3, -0.25) is 0 Å². The second kappa shape index (κ2) is 5.16. The van der Waals surface area contributed by atoms with Gasteiger partial charge in [0.25, 0.3) is 0 Å². The normalized spacial score (nSPS) is 19.3. The number of aromatic nitrogens is 1. The molecule has 2 heterocycles. The van der Waals surface area contributed by atoms with Crippen molar-refractivity contribution in [1.29, 1.82) is 0 Å². The summed E-state index contributed by atoms with van der Waals surface area (Å²) in [6.45, 7) is 1.08. The first-order chi connectivity index (χ1) is 8.81. The number of halogens is 1. The van der Waals surface area contributed by atoms with Crippen LogP contribution in [0.3, 0.4) is 0 Å². The van der Waals surface area contributed by atoms with Crippen molar-refractivity contribution < 1.29 is 4.39 Å². The van der Waals surface area contributed by atoms with Gasteiger partial charge < -0.3 is 5.32 Å². The van der Waals surface area contributed by atoms with Crippen molar-refractivity contribution in [2.24, 2.45) is 0 Å². The molecule has 4 heteroatoms. The van der Waals surface area contributed by atoms with Crippen LogP contribution in [0.15, 0.2) is 29.6 Å². The van der Waals surface area contributed by atoms with Crippen LogP contribution in [-0.4, -0.2) is 11.5 Å². The van der Waals surface area contributed by atoms with Crippen molar-refractivity contribution >= 4 is 11.3 Å². The first-order valence-electron chi connectivity index (χ1n) is 6.23. The van der Waals surface area contributed by atoms with Crippen LogP contribution < -0.4 is 5.32 Å². The highest BCUT2D eigenvalue weighted by molar-refractivity contribution is 7.09. The van der Waals surface area contributed by atoms with Crippen molar-refractivity contribution in [3.8, 4) is 0 Å². The zero-order valence-corrected chi connectivity index (χ0v) is 10.8. The third-order valence-corrected chi connectivity index (χ3v) is 4.10. The standard InChI is InChI=1S/C14H15FN2S/c15-11-4-1-3-10(7-11)8-14-17-13(9-18-14)12-5-2-6-16-12/h1,3-4,7,9,12,16H,2,5-6,8H2/t12-/m0/s1. The van der Waals surface area contributed by atoms with Crippen LogP contribution >= 0.6 is 11.3 Å². The van der Waals surface area contributed by atoms with Crippen LogP contribution in [0, 0.1) is 5.82 Å². The van der Waals surface area contributed by atoms with Gasteiger partial charge in [0.15, 0.2) is 0 Å². The van der Waals surface area contributed by atoms with Crippen LogP contribution in [-0.2, 0) is 6.42 Å². The predicted octanol–water partition coefficient (Wildman–Crippen LogP) is 3.30. The molecule has 0 bridgehead atoms. The lowest BCUT2D eigenvalue weighted by atomic mass is 10.1. The Morgan fingerprint density at radius 2 is 2.39 bits per heavy atom. The minimum atomic E-state index is -0.179. The number of hydrogen-bond donors (Lipinski definition) is 1. The number of thiazole rings is 1. The second-order valence-corrected chi connectivity index (χ2v) is 5.56. The Hall–Kier alpha value is -1.26. The minimum Gasteiger partial charge on any atom is -0.309 e. The Bertz CT molecular complexity index is 532. The molecule has 1 aromatic carbocycles. The van der Waals surface area contributed by atoms with E-state index in [4.69, 9.17) is 0 Å². The summed E-state index contributed by atoms with van der Waals surface area (Å²) in [6, 6.07) is 7.16. The molecule has 0 unspecified atom stereocenters.